The van der Waals surface area contributed by atoms with Crippen molar-refractivity contribution in [2.75, 3.05) is 13.6 Å². The van der Waals surface area contributed by atoms with Gasteiger partial charge in [-0.15, -0.1) is 0 Å². The Morgan fingerprint density at radius 3 is 2.36 bits per heavy atom. The molecule has 9 nitrogen and oxygen atoms in total. The monoisotopic (exact) mass is 589 g/mol. The molecule has 3 saturated carbocycles. The van der Waals surface area contributed by atoms with Gasteiger partial charge in [-0.2, -0.15) is 0 Å². The van der Waals surface area contributed by atoms with Crippen LogP contribution in [0.2, 0.25) is 0 Å². The van der Waals surface area contributed by atoms with E-state index in [1.807, 2.05) is 0 Å². The van der Waals surface area contributed by atoms with E-state index in [0.29, 0.717) is 49.5 Å². The highest BCUT2D eigenvalue weighted by Gasteiger charge is 2.68. The molecule has 1 heterocycles. The Labute approximate surface area is 255 Å². The van der Waals surface area contributed by atoms with Gasteiger partial charge >= 0.3 is 7.12 Å². The van der Waals surface area contributed by atoms with Crippen LogP contribution in [0.15, 0.2) is 4.99 Å². The molecule has 240 valence electrons. The highest BCUT2D eigenvalue weighted by atomic mass is 16.7. The van der Waals surface area contributed by atoms with Gasteiger partial charge in [0.1, 0.15) is 6.04 Å². The number of amides is 2. The minimum atomic E-state index is -0.635. The van der Waals surface area contributed by atoms with Crippen molar-refractivity contribution < 1.29 is 18.9 Å². The number of carbonyl (C=O) groups is 2. The summed E-state index contributed by atoms with van der Waals surface area (Å²) in [5.74, 6) is 1.29. The number of hydrogen-bond donors (Lipinski definition) is 4. The normalized spacial score (nSPS) is 27.7. The number of guanidine groups is 1. The lowest BCUT2D eigenvalue weighted by atomic mass is 9.43. The van der Waals surface area contributed by atoms with Crippen molar-refractivity contribution >= 4 is 24.9 Å². The van der Waals surface area contributed by atoms with E-state index in [9.17, 15) is 9.59 Å². The zero-order chi connectivity index (χ0) is 30.9. The molecule has 42 heavy (non-hydrogen) atoms. The highest BCUT2D eigenvalue weighted by molar-refractivity contribution is 6.48. The molecule has 3 aliphatic carbocycles. The summed E-state index contributed by atoms with van der Waals surface area (Å²) in [5.41, 5.74) is 5.69. The van der Waals surface area contributed by atoms with Crippen LogP contribution < -0.4 is 21.7 Å². The molecule has 5 N–H and O–H groups in total. The van der Waals surface area contributed by atoms with Crippen LogP contribution in [-0.2, 0) is 18.9 Å². The molecule has 0 unspecified atom stereocenters. The number of rotatable bonds is 18. The van der Waals surface area contributed by atoms with Crippen LogP contribution in [0.4, 0.5) is 0 Å². The number of nitrogens with zero attached hydrogens (tertiary/aromatic N) is 1. The Morgan fingerprint density at radius 1 is 1.02 bits per heavy atom. The van der Waals surface area contributed by atoms with Crippen LogP contribution in [0, 0.1) is 23.2 Å². The van der Waals surface area contributed by atoms with Gasteiger partial charge in [0.05, 0.1) is 17.6 Å². The quantitative estimate of drug-likeness (QED) is 0.0793. The van der Waals surface area contributed by atoms with Gasteiger partial charge < -0.3 is 31.0 Å². The Hall–Kier alpha value is -1.81. The number of carbonyl (C=O) groups excluding carboxylic acids is 2. The Balaban J connectivity index is 1.61. The van der Waals surface area contributed by atoms with E-state index in [-0.39, 0.29) is 34.9 Å². The predicted octanol–water partition coefficient (Wildman–Crippen LogP) is 4.72. The van der Waals surface area contributed by atoms with Crippen LogP contribution in [0.3, 0.4) is 0 Å². The summed E-state index contributed by atoms with van der Waals surface area (Å²) in [5, 5.41) is 9.34. The molecule has 0 aromatic rings. The summed E-state index contributed by atoms with van der Waals surface area (Å²) in [7, 11) is 1.14. The fourth-order valence-corrected chi connectivity index (χ4v) is 7.48. The molecule has 0 spiro atoms. The zero-order valence-corrected chi connectivity index (χ0v) is 27.6. The fourth-order valence-electron chi connectivity index (χ4n) is 7.48. The third-order valence-electron chi connectivity index (χ3n) is 10.2. The number of unbranched alkanes of at least 4 members (excludes halogenated alkanes) is 6. The van der Waals surface area contributed by atoms with Gasteiger partial charge in [0.25, 0.3) is 0 Å². The Bertz CT molecular complexity index is 915. The summed E-state index contributed by atoms with van der Waals surface area (Å²) in [4.78, 5) is 30.6. The molecular weight excluding hydrogens is 529 g/mol. The average Bonchev–Trinajstić information content (AvgIpc) is 3.30. The zero-order valence-electron chi connectivity index (χ0n) is 27.6. The first-order valence-corrected chi connectivity index (χ1v) is 16.8. The molecule has 2 bridgehead atoms. The lowest BCUT2D eigenvalue weighted by molar-refractivity contribution is -0.199. The Morgan fingerprint density at radius 2 is 1.71 bits per heavy atom. The van der Waals surface area contributed by atoms with Gasteiger partial charge in [-0.25, -0.2) is 0 Å². The van der Waals surface area contributed by atoms with E-state index < -0.39 is 13.2 Å². The minimum Gasteiger partial charge on any atom is -0.404 e. The molecule has 6 atom stereocenters. The molecule has 4 aliphatic rings. The second-order valence-corrected chi connectivity index (χ2v) is 14.3. The molecule has 10 heteroatoms. The third-order valence-corrected chi connectivity index (χ3v) is 10.2. The molecule has 4 rings (SSSR count). The second kappa shape index (κ2) is 15.8. The SMILES string of the molecule is CCCCCCCCCC(=O)N[C@@H](CCCNC(N)=NC)C(=O)N[C@@H](CC(C)C)B1O[C@@H]2C[C@@H]3C[C@@H](C3(C)C)[C@]2(C)O1. The third kappa shape index (κ3) is 8.87. The number of nitrogens with two attached hydrogens (primary N) is 1. The summed E-state index contributed by atoms with van der Waals surface area (Å²) in [6, 6.07) is -0.635. The molecular formula is C32H60BN5O4. The summed E-state index contributed by atoms with van der Waals surface area (Å²) in [6.45, 7) is 14.0. The highest BCUT2D eigenvalue weighted by Crippen LogP contribution is 2.65. The van der Waals surface area contributed by atoms with Crippen LogP contribution in [0.5, 0.6) is 0 Å². The van der Waals surface area contributed by atoms with E-state index >= 15 is 0 Å². The van der Waals surface area contributed by atoms with E-state index in [2.05, 4.69) is 62.5 Å². The van der Waals surface area contributed by atoms with E-state index in [4.69, 9.17) is 15.0 Å². The maximum absolute atomic E-state index is 13.8. The largest absolute Gasteiger partial charge is 0.481 e. The van der Waals surface area contributed by atoms with Gasteiger partial charge in [0.2, 0.25) is 11.8 Å². The molecule has 1 aliphatic heterocycles. The summed E-state index contributed by atoms with van der Waals surface area (Å²) >= 11 is 0. The molecule has 0 aromatic carbocycles. The van der Waals surface area contributed by atoms with Gasteiger partial charge in [-0.3, -0.25) is 14.6 Å². The summed E-state index contributed by atoms with van der Waals surface area (Å²) in [6.07, 6.45) is 12.6. The molecule has 0 aromatic heterocycles. The van der Waals surface area contributed by atoms with Gasteiger partial charge in [0.15, 0.2) is 5.96 Å². The minimum absolute atomic E-state index is 0.0556. The van der Waals surface area contributed by atoms with Crippen molar-refractivity contribution in [2.24, 2.45) is 33.9 Å². The molecule has 4 fully saturated rings. The number of aliphatic imine (C=N–C) groups is 1. The number of nitrogens with one attached hydrogen (secondary N) is 3. The van der Waals surface area contributed by atoms with Crippen LogP contribution in [-0.4, -0.2) is 62.2 Å². The van der Waals surface area contributed by atoms with Crippen molar-refractivity contribution in [1.82, 2.24) is 16.0 Å². The van der Waals surface area contributed by atoms with Crippen molar-refractivity contribution in [3.8, 4) is 0 Å². The lowest BCUT2D eigenvalue weighted by Gasteiger charge is -2.64. The fraction of sp³-hybridized carbons (Fsp3) is 0.906. The first-order chi connectivity index (χ1) is 19.9. The maximum Gasteiger partial charge on any atom is 0.481 e. The number of hydrogen-bond acceptors (Lipinski definition) is 5. The second-order valence-electron chi connectivity index (χ2n) is 14.3. The van der Waals surface area contributed by atoms with Gasteiger partial charge in [0, 0.05) is 20.0 Å². The molecule has 0 radical (unpaired) electrons. The Kier molecular flexibility index (Phi) is 13.0. The first-order valence-electron chi connectivity index (χ1n) is 16.8. The smallest absolute Gasteiger partial charge is 0.404 e. The van der Waals surface area contributed by atoms with Crippen LogP contribution >= 0.6 is 0 Å². The van der Waals surface area contributed by atoms with Crippen molar-refractivity contribution in [1.29, 1.82) is 0 Å². The van der Waals surface area contributed by atoms with E-state index in [1.165, 1.54) is 32.1 Å². The van der Waals surface area contributed by atoms with E-state index in [1.54, 1.807) is 7.05 Å². The maximum atomic E-state index is 13.8. The topological polar surface area (TPSA) is 127 Å². The standard InChI is InChI=1S/C32H60BN5O4/c1-8-9-10-11-12-13-14-17-28(39)37-24(16-15-18-36-30(34)35-7)29(40)38-27(19-22(2)3)33-41-26-21-23-20-25(31(23,4)5)32(26,6)42-33/h22-27H,8-21H2,1-7H3,(H,37,39)(H,38,40)(H3,34,35,36)/t23-,24-,25-,26+,27-,32-/m0/s1. The average molecular weight is 590 g/mol. The van der Waals surface area contributed by atoms with Gasteiger partial charge in [-0.1, -0.05) is 73.1 Å². The van der Waals surface area contributed by atoms with Gasteiger partial charge in [-0.05, 0) is 68.6 Å². The van der Waals surface area contributed by atoms with Crippen molar-refractivity contribution in [3.63, 3.8) is 0 Å². The molecule has 2 amide bonds. The van der Waals surface area contributed by atoms with Crippen LogP contribution in [0.1, 0.15) is 125 Å². The van der Waals surface area contributed by atoms with Crippen molar-refractivity contribution in [3.05, 3.63) is 0 Å². The van der Waals surface area contributed by atoms with Crippen LogP contribution in [0.25, 0.3) is 0 Å². The summed E-state index contributed by atoms with van der Waals surface area (Å²) < 4.78 is 13.3. The molecule has 1 saturated heterocycles. The van der Waals surface area contributed by atoms with E-state index in [0.717, 1.165) is 32.1 Å². The van der Waals surface area contributed by atoms with Crippen molar-refractivity contribution in [2.45, 2.75) is 149 Å². The lowest BCUT2D eigenvalue weighted by Crippen LogP contribution is -2.65. The first kappa shape index (κ1) is 34.7. The predicted molar refractivity (Wildman–Crippen MR) is 171 cm³/mol.